The number of aromatic amines is 1. The molecule has 3 heterocycles. The quantitative estimate of drug-likeness (QED) is 0.783. The second-order valence-electron chi connectivity index (χ2n) is 4.97. The highest BCUT2D eigenvalue weighted by Gasteiger charge is 2.19. The van der Waals surface area contributed by atoms with Crippen LogP contribution >= 0.6 is 23.1 Å². The first-order valence-corrected chi connectivity index (χ1v) is 7.19. The second kappa shape index (κ2) is 4.10. The van der Waals surface area contributed by atoms with Gasteiger partial charge in [0.05, 0.1) is 11.9 Å². The number of nitrogens with one attached hydrogen (secondary N) is 1. The van der Waals surface area contributed by atoms with E-state index in [1.165, 1.54) is 11.8 Å². The lowest BCUT2D eigenvalue weighted by molar-refractivity contribution is 0.572. The predicted molar refractivity (Wildman–Crippen MR) is 72.3 cm³/mol. The molecule has 18 heavy (non-hydrogen) atoms. The molecular weight excluding hydrogens is 266 g/mol. The Kier molecular flexibility index (Phi) is 2.67. The normalized spacial score (nSPS) is 12.4. The van der Waals surface area contributed by atoms with Crippen LogP contribution in [0.3, 0.4) is 0 Å². The highest BCUT2D eigenvalue weighted by atomic mass is 32.2. The third-order valence-corrected chi connectivity index (χ3v) is 4.34. The fourth-order valence-electron chi connectivity index (χ4n) is 1.47. The molecule has 3 rings (SSSR count). The van der Waals surface area contributed by atoms with Crippen molar-refractivity contribution in [3.8, 4) is 0 Å². The van der Waals surface area contributed by atoms with Crippen LogP contribution in [-0.4, -0.2) is 24.6 Å². The molecule has 7 heteroatoms. The van der Waals surface area contributed by atoms with Crippen LogP contribution in [0.2, 0.25) is 0 Å². The van der Waals surface area contributed by atoms with Crippen LogP contribution in [0.25, 0.3) is 4.96 Å². The highest BCUT2D eigenvalue weighted by molar-refractivity contribution is 8.01. The van der Waals surface area contributed by atoms with Gasteiger partial charge in [-0.1, -0.05) is 32.1 Å². The van der Waals surface area contributed by atoms with Crippen LogP contribution < -0.4 is 0 Å². The van der Waals surface area contributed by atoms with E-state index in [1.54, 1.807) is 23.7 Å². The Morgan fingerprint density at radius 3 is 2.83 bits per heavy atom. The van der Waals surface area contributed by atoms with Gasteiger partial charge in [0.15, 0.2) is 9.50 Å². The van der Waals surface area contributed by atoms with Crippen LogP contribution in [0.1, 0.15) is 26.5 Å². The van der Waals surface area contributed by atoms with E-state index in [0.29, 0.717) is 0 Å². The van der Waals surface area contributed by atoms with E-state index in [-0.39, 0.29) is 5.41 Å². The van der Waals surface area contributed by atoms with Crippen molar-refractivity contribution in [3.63, 3.8) is 0 Å². The minimum absolute atomic E-state index is 0.0573. The van der Waals surface area contributed by atoms with E-state index < -0.39 is 0 Å². The molecule has 3 aromatic heterocycles. The molecule has 0 aliphatic rings. The molecule has 5 nitrogen and oxygen atoms in total. The zero-order chi connectivity index (χ0) is 12.8. The lowest BCUT2D eigenvalue weighted by atomic mass is 9.93. The van der Waals surface area contributed by atoms with Gasteiger partial charge in [0.1, 0.15) is 0 Å². The van der Waals surface area contributed by atoms with E-state index in [9.17, 15) is 0 Å². The first kappa shape index (κ1) is 11.7. The maximum Gasteiger partial charge on any atom is 0.213 e. The van der Waals surface area contributed by atoms with Gasteiger partial charge in [-0.15, -0.1) is 5.10 Å². The molecule has 0 bridgehead atoms. The maximum absolute atomic E-state index is 4.61. The number of hydrogen-bond donors (Lipinski definition) is 1. The van der Waals surface area contributed by atoms with Gasteiger partial charge in [0.2, 0.25) is 4.96 Å². The van der Waals surface area contributed by atoms with Gasteiger partial charge < -0.3 is 4.98 Å². The smallest absolute Gasteiger partial charge is 0.213 e. The van der Waals surface area contributed by atoms with Gasteiger partial charge in [-0.3, -0.25) is 0 Å². The second-order valence-corrected chi connectivity index (χ2v) is 7.16. The zero-order valence-corrected chi connectivity index (χ0v) is 12.0. The van der Waals surface area contributed by atoms with E-state index in [1.807, 2.05) is 10.7 Å². The SMILES string of the molecule is CC(C)(C)c1cn2nc(Sc3ncc[nH]3)sc2n1. The first-order valence-electron chi connectivity index (χ1n) is 5.56. The Hall–Kier alpha value is -1.34. The Morgan fingerprint density at radius 1 is 1.39 bits per heavy atom. The van der Waals surface area contributed by atoms with Crippen LogP contribution in [0.15, 0.2) is 28.1 Å². The number of H-pyrrole nitrogens is 1. The summed E-state index contributed by atoms with van der Waals surface area (Å²) in [4.78, 5) is 12.7. The van der Waals surface area contributed by atoms with Crippen LogP contribution in [0.4, 0.5) is 0 Å². The molecule has 0 saturated heterocycles. The molecule has 0 aliphatic heterocycles. The average molecular weight is 279 g/mol. The van der Waals surface area contributed by atoms with Crippen molar-refractivity contribution in [2.45, 2.75) is 35.7 Å². The largest absolute Gasteiger partial charge is 0.339 e. The Morgan fingerprint density at radius 2 is 2.22 bits per heavy atom. The monoisotopic (exact) mass is 279 g/mol. The van der Waals surface area contributed by atoms with E-state index in [4.69, 9.17) is 0 Å². The van der Waals surface area contributed by atoms with Crippen LogP contribution in [0.5, 0.6) is 0 Å². The van der Waals surface area contributed by atoms with Gasteiger partial charge in [0.25, 0.3) is 0 Å². The molecular formula is C11H13N5S2. The Labute approximate surface area is 113 Å². The molecule has 0 amide bonds. The summed E-state index contributed by atoms with van der Waals surface area (Å²) in [5.41, 5.74) is 1.12. The standard InChI is InChI=1S/C11H13N5S2/c1-11(2,3)7-6-16-9(14-7)18-10(15-16)17-8-12-4-5-13-8/h4-6H,1-3H3,(H,12,13). The molecule has 3 aromatic rings. The maximum atomic E-state index is 4.61. The minimum Gasteiger partial charge on any atom is -0.339 e. The van der Waals surface area contributed by atoms with Gasteiger partial charge in [0, 0.05) is 17.8 Å². The van der Waals surface area contributed by atoms with Gasteiger partial charge >= 0.3 is 0 Å². The first-order chi connectivity index (χ1) is 8.52. The summed E-state index contributed by atoms with van der Waals surface area (Å²) in [6, 6.07) is 0. The topological polar surface area (TPSA) is 58.9 Å². The number of nitrogens with zero attached hydrogens (tertiary/aromatic N) is 4. The average Bonchev–Trinajstić information content (AvgIpc) is 2.90. The lowest BCUT2D eigenvalue weighted by Gasteiger charge is -2.13. The van der Waals surface area contributed by atoms with Crippen molar-refractivity contribution in [2.75, 3.05) is 0 Å². The number of imidazole rings is 2. The fraction of sp³-hybridized carbons (Fsp3) is 0.364. The Balaban J connectivity index is 1.91. The third kappa shape index (κ3) is 2.15. The number of rotatable bonds is 2. The Bertz CT molecular complexity index is 628. The van der Waals surface area contributed by atoms with Crippen molar-refractivity contribution in [1.82, 2.24) is 24.6 Å². The zero-order valence-electron chi connectivity index (χ0n) is 10.3. The molecule has 0 spiro atoms. The van der Waals surface area contributed by atoms with Gasteiger partial charge in [-0.25, -0.2) is 14.5 Å². The van der Waals surface area contributed by atoms with E-state index in [2.05, 4.69) is 40.8 Å². The lowest BCUT2D eigenvalue weighted by Crippen LogP contribution is -2.11. The summed E-state index contributed by atoms with van der Waals surface area (Å²) >= 11 is 3.09. The van der Waals surface area contributed by atoms with E-state index >= 15 is 0 Å². The summed E-state index contributed by atoms with van der Waals surface area (Å²) in [7, 11) is 0. The van der Waals surface area contributed by atoms with Crippen molar-refractivity contribution in [2.24, 2.45) is 0 Å². The van der Waals surface area contributed by atoms with Gasteiger partial charge in [-0.05, 0) is 11.8 Å². The van der Waals surface area contributed by atoms with Crippen LogP contribution in [0, 0.1) is 0 Å². The number of hydrogen-bond acceptors (Lipinski definition) is 5. The van der Waals surface area contributed by atoms with E-state index in [0.717, 1.165) is 20.2 Å². The van der Waals surface area contributed by atoms with Crippen molar-refractivity contribution >= 4 is 28.1 Å². The molecule has 0 aliphatic carbocycles. The fourth-order valence-corrected chi connectivity index (χ4v) is 3.25. The van der Waals surface area contributed by atoms with Crippen LogP contribution in [-0.2, 0) is 5.41 Å². The summed E-state index contributed by atoms with van der Waals surface area (Å²) in [5.74, 6) is 0. The molecule has 0 unspecified atom stereocenters. The highest BCUT2D eigenvalue weighted by Crippen LogP contribution is 2.30. The van der Waals surface area contributed by atoms with Crippen molar-refractivity contribution in [3.05, 3.63) is 24.3 Å². The number of aromatic nitrogens is 5. The molecule has 0 atom stereocenters. The molecule has 0 saturated carbocycles. The molecule has 1 N–H and O–H groups in total. The minimum atomic E-state index is 0.0573. The summed E-state index contributed by atoms with van der Waals surface area (Å²) in [6.45, 7) is 6.45. The molecule has 0 aromatic carbocycles. The molecule has 0 radical (unpaired) electrons. The summed E-state index contributed by atoms with van der Waals surface area (Å²) in [6.07, 6.45) is 5.54. The number of fused-ring (bicyclic) bond motifs is 1. The molecule has 94 valence electrons. The molecule has 0 fully saturated rings. The van der Waals surface area contributed by atoms with Crippen molar-refractivity contribution in [1.29, 1.82) is 0 Å². The van der Waals surface area contributed by atoms with Gasteiger partial charge in [-0.2, -0.15) is 0 Å². The summed E-state index contributed by atoms with van der Waals surface area (Å²) in [5, 5.41) is 5.35. The third-order valence-electron chi connectivity index (χ3n) is 2.45. The van der Waals surface area contributed by atoms with Crippen molar-refractivity contribution < 1.29 is 0 Å². The predicted octanol–water partition coefficient (Wildman–Crippen LogP) is 2.96. The summed E-state index contributed by atoms with van der Waals surface area (Å²) < 4.78 is 2.78.